The standard InChI is InChI=1S/C11H14O2S/c1-4-13-10(12)7-9(3)11-8(2)5-6-14-11/h5-7H,4H2,1-3H3/b9-7-. The van der Waals surface area contributed by atoms with Crippen LogP contribution in [0.25, 0.3) is 5.57 Å². The smallest absolute Gasteiger partial charge is 0.331 e. The number of carbonyl (C=O) groups excluding carboxylic acids is 1. The number of hydrogen-bond acceptors (Lipinski definition) is 3. The van der Waals surface area contributed by atoms with Gasteiger partial charge >= 0.3 is 5.97 Å². The van der Waals surface area contributed by atoms with E-state index < -0.39 is 0 Å². The van der Waals surface area contributed by atoms with Crippen LogP contribution in [0.5, 0.6) is 0 Å². The summed E-state index contributed by atoms with van der Waals surface area (Å²) in [6.07, 6.45) is 1.54. The van der Waals surface area contributed by atoms with Crippen LogP contribution in [0, 0.1) is 6.92 Å². The molecule has 0 atom stereocenters. The zero-order valence-electron chi connectivity index (χ0n) is 8.66. The average Bonchev–Trinajstić information content (AvgIpc) is 2.51. The highest BCUT2D eigenvalue weighted by molar-refractivity contribution is 7.11. The fourth-order valence-corrected chi connectivity index (χ4v) is 2.11. The van der Waals surface area contributed by atoms with Gasteiger partial charge in [-0.1, -0.05) is 0 Å². The normalized spacial score (nSPS) is 11.5. The minimum Gasteiger partial charge on any atom is -0.463 e. The van der Waals surface area contributed by atoms with Crippen LogP contribution < -0.4 is 0 Å². The third-order valence-electron chi connectivity index (χ3n) is 1.84. The van der Waals surface area contributed by atoms with E-state index in [9.17, 15) is 4.79 Å². The number of thiophene rings is 1. The summed E-state index contributed by atoms with van der Waals surface area (Å²) in [6, 6.07) is 2.04. The van der Waals surface area contributed by atoms with Gasteiger partial charge in [0.25, 0.3) is 0 Å². The maximum absolute atomic E-state index is 11.2. The van der Waals surface area contributed by atoms with Crippen LogP contribution in [0.1, 0.15) is 24.3 Å². The second-order valence-corrected chi connectivity index (χ2v) is 3.93. The molecule has 0 aromatic carbocycles. The molecule has 0 fully saturated rings. The monoisotopic (exact) mass is 210 g/mol. The van der Waals surface area contributed by atoms with Gasteiger partial charge in [-0.15, -0.1) is 11.3 Å². The van der Waals surface area contributed by atoms with E-state index in [2.05, 4.69) is 0 Å². The second-order valence-electron chi connectivity index (χ2n) is 3.01. The molecule has 0 spiro atoms. The van der Waals surface area contributed by atoms with E-state index in [1.807, 2.05) is 25.3 Å². The van der Waals surface area contributed by atoms with Gasteiger partial charge in [0.2, 0.25) is 0 Å². The number of hydrogen-bond donors (Lipinski definition) is 0. The molecule has 0 unspecified atom stereocenters. The van der Waals surface area contributed by atoms with E-state index in [0.29, 0.717) is 6.61 Å². The van der Waals surface area contributed by atoms with Crippen molar-refractivity contribution in [3.63, 3.8) is 0 Å². The Morgan fingerprint density at radius 3 is 2.86 bits per heavy atom. The summed E-state index contributed by atoms with van der Waals surface area (Å²) in [7, 11) is 0. The predicted octanol–water partition coefficient (Wildman–Crippen LogP) is 3.02. The van der Waals surface area contributed by atoms with Gasteiger partial charge in [0, 0.05) is 11.0 Å². The highest BCUT2D eigenvalue weighted by Crippen LogP contribution is 2.24. The first-order valence-corrected chi connectivity index (χ1v) is 5.42. The molecule has 1 aromatic rings. The fraction of sp³-hybridized carbons (Fsp3) is 0.364. The van der Waals surface area contributed by atoms with Gasteiger partial charge in [0.05, 0.1) is 6.61 Å². The Kier molecular flexibility index (Phi) is 3.89. The van der Waals surface area contributed by atoms with Crippen molar-refractivity contribution >= 4 is 22.9 Å². The van der Waals surface area contributed by atoms with E-state index in [0.717, 1.165) is 10.5 Å². The number of aryl methyl sites for hydroxylation is 1. The SMILES string of the molecule is CCOC(=O)/C=C(/C)c1sccc1C. The molecule has 0 radical (unpaired) electrons. The minimum atomic E-state index is -0.266. The Morgan fingerprint density at radius 1 is 1.64 bits per heavy atom. The molecule has 0 N–H and O–H groups in total. The van der Waals surface area contributed by atoms with Crippen LogP contribution in [0.4, 0.5) is 0 Å². The minimum absolute atomic E-state index is 0.266. The van der Waals surface area contributed by atoms with Crippen LogP contribution in [0.15, 0.2) is 17.5 Å². The third kappa shape index (κ3) is 2.70. The lowest BCUT2D eigenvalue weighted by molar-refractivity contribution is -0.137. The molecular formula is C11H14O2S. The maximum Gasteiger partial charge on any atom is 0.331 e. The van der Waals surface area contributed by atoms with Crippen LogP contribution >= 0.6 is 11.3 Å². The van der Waals surface area contributed by atoms with Crippen LogP contribution in [0.2, 0.25) is 0 Å². The largest absolute Gasteiger partial charge is 0.463 e. The van der Waals surface area contributed by atoms with E-state index in [4.69, 9.17) is 4.74 Å². The molecule has 0 aliphatic heterocycles. The van der Waals surface area contributed by atoms with Crippen molar-refractivity contribution in [1.29, 1.82) is 0 Å². The summed E-state index contributed by atoms with van der Waals surface area (Å²) in [5.41, 5.74) is 2.17. The quantitative estimate of drug-likeness (QED) is 0.566. The van der Waals surface area contributed by atoms with E-state index >= 15 is 0 Å². The molecule has 0 aliphatic carbocycles. The van der Waals surface area contributed by atoms with Crippen molar-refractivity contribution in [2.75, 3.05) is 6.61 Å². The van der Waals surface area contributed by atoms with Gasteiger partial charge < -0.3 is 4.74 Å². The predicted molar refractivity (Wildman–Crippen MR) is 59.3 cm³/mol. The first-order valence-electron chi connectivity index (χ1n) is 4.54. The lowest BCUT2D eigenvalue weighted by Crippen LogP contribution is -2.00. The molecule has 1 heterocycles. The third-order valence-corrected chi connectivity index (χ3v) is 2.99. The number of ether oxygens (including phenoxy) is 1. The fourth-order valence-electron chi connectivity index (χ4n) is 1.20. The van der Waals surface area contributed by atoms with Gasteiger partial charge in [-0.2, -0.15) is 0 Å². The maximum atomic E-state index is 11.2. The van der Waals surface area contributed by atoms with E-state index in [1.54, 1.807) is 24.3 Å². The molecule has 1 aromatic heterocycles. The molecule has 0 amide bonds. The van der Waals surface area contributed by atoms with Gasteiger partial charge in [0.1, 0.15) is 0 Å². The lowest BCUT2D eigenvalue weighted by atomic mass is 10.1. The summed E-state index contributed by atoms with van der Waals surface area (Å²) in [4.78, 5) is 12.3. The van der Waals surface area contributed by atoms with Crippen LogP contribution in [0.3, 0.4) is 0 Å². The van der Waals surface area contributed by atoms with Gasteiger partial charge in [-0.25, -0.2) is 4.79 Å². The summed E-state index contributed by atoms with van der Waals surface area (Å²) in [5, 5.41) is 2.02. The van der Waals surface area contributed by atoms with Crippen LogP contribution in [-0.2, 0) is 9.53 Å². The van der Waals surface area contributed by atoms with Gasteiger partial charge in [-0.3, -0.25) is 0 Å². The molecule has 1 rings (SSSR count). The molecule has 3 heteroatoms. The van der Waals surface area contributed by atoms with Crippen LogP contribution in [-0.4, -0.2) is 12.6 Å². The highest BCUT2D eigenvalue weighted by atomic mass is 32.1. The molecule has 0 bridgehead atoms. The molecule has 2 nitrogen and oxygen atoms in total. The van der Waals surface area contributed by atoms with Gasteiger partial charge in [0.15, 0.2) is 0 Å². The zero-order valence-corrected chi connectivity index (χ0v) is 9.48. The number of allylic oxidation sites excluding steroid dienone is 1. The topological polar surface area (TPSA) is 26.3 Å². The van der Waals surface area contributed by atoms with Crippen molar-refractivity contribution in [2.24, 2.45) is 0 Å². The van der Waals surface area contributed by atoms with Crippen molar-refractivity contribution < 1.29 is 9.53 Å². The number of carbonyl (C=O) groups is 1. The van der Waals surface area contributed by atoms with Gasteiger partial charge in [-0.05, 0) is 43.4 Å². The Morgan fingerprint density at radius 2 is 2.36 bits per heavy atom. The van der Waals surface area contributed by atoms with Crippen molar-refractivity contribution in [3.8, 4) is 0 Å². The summed E-state index contributed by atoms with van der Waals surface area (Å²) in [6.45, 7) is 6.19. The first kappa shape index (κ1) is 11.0. The molecule has 0 saturated heterocycles. The summed E-state index contributed by atoms with van der Waals surface area (Å²) in [5.74, 6) is -0.266. The highest BCUT2D eigenvalue weighted by Gasteiger charge is 2.04. The summed E-state index contributed by atoms with van der Waals surface area (Å²) >= 11 is 1.64. The second kappa shape index (κ2) is 4.96. The molecule has 76 valence electrons. The first-order chi connectivity index (χ1) is 6.65. The Bertz CT molecular complexity index is 350. The summed E-state index contributed by atoms with van der Waals surface area (Å²) < 4.78 is 4.84. The molecular weight excluding hydrogens is 196 g/mol. The van der Waals surface area contributed by atoms with Crippen molar-refractivity contribution in [3.05, 3.63) is 28.0 Å². The average molecular weight is 210 g/mol. The van der Waals surface area contributed by atoms with E-state index in [-0.39, 0.29) is 5.97 Å². The van der Waals surface area contributed by atoms with E-state index in [1.165, 1.54) is 5.56 Å². The molecule has 14 heavy (non-hydrogen) atoms. The lowest BCUT2D eigenvalue weighted by Gasteiger charge is -2.00. The Balaban J connectivity index is 2.79. The van der Waals surface area contributed by atoms with Crippen molar-refractivity contribution in [1.82, 2.24) is 0 Å². The van der Waals surface area contributed by atoms with Crippen molar-refractivity contribution in [2.45, 2.75) is 20.8 Å². The Hall–Kier alpha value is -1.09. The Labute approximate surface area is 88.2 Å². The molecule has 0 aliphatic rings. The number of esters is 1. The zero-order chi connectivity index (χ0) is 10.6. The molecule has 0 saturated carbocycles. The number of rotatable bonds is 3.